The van der Waals surface area contributed by atoms with Crippen molar-refractivity contribution in [2.75, 3.05) is 23.4 Å². The van der Waals surface area contributed by atoms with E-state index in [1.165, 1.54) is 0 Å². The second-order valence-electron chi connectivity index (χ2n) is 3.80. The number of carbonyl (C=O) groups is 1. The van der Waals surface area contributed by atoms with E-state index < -0.39 is 0 Å². The molecule has 18 heavy (non-hydrogen) atoms. The maximum Gasteiger partial charge on any atom is 0.234 e. The van der Waals surface area contributed by atoms with E-state index in [-0.39, 0.29) is 5.91 Å². The Kier molecular flexibility index (Phi) is 6.86. The molecule has 100 valence electrons. The Labute approximate surface area is 121 Å². The van der Waals surface area contributed by atoms with Crippen LogP contribution in [0.25, 0.3) is 0 Å². The number of rotatable bonds is 6. The zero-order valence-electron chi connectivity index (χ0n) is 10.1. The molecular weight excluding hydrogens is 291 g/mol. The van der Waals surface area contributed by atoms with E-state index in [9.17, 15) is 4.79 Å². The van der Waals surface area contributed by atoms with Gasteiger partial charge in [-0.05, 0) is 37.3 Å². The Morgan fingerprint density at radius 2 is 2.17 bits per heavy atom. The number of benzene rings is 1. The Morgan fingerprint density at radius 3 is 2.83 bits per heavy atom. The highest BCUT2D eigenvalue weighted by molar-refractivity contribution is 7.99. The van der Waals surface area contributed by atoms with Crippen LogP contribution in [0.15, 0.2) is 12.1 Å². The first kappa shape index (κ1) is 15.6. The highest BCUT2D eigenvalue weighted by Crippen LogP contribution is 2.32. The first-order valence-corrected chi connectivity index (χ1v) is 7.49. The third-order valence-corrected chi connectivity index (χ3v) is 4.12. The molecule has 0 atom stereocenters. The summed E-state index contributed by atoms with van der Waals surface area (Å²) in [5, 5.41) is 3.68. The van der Waals surface area contributed by atoms with Gasteiger partial charge in [0, 0.05) is 0 Å². The van der Waals surface area contributed by atoms with Crippen molar-refractivity contribution in [3.63, 3.8) is 0 Å². The summed E-state index contributed by atoms with van der Waals surface area (Å²) in [6.45, 7) is 2.51. The van der Waals surface area contributed by atoms with Crippen molar-refractivity contribution < 1.29 is 4.79 Å². The topological polar surface area (TPSA) is 55.1 Å². The Balaban J connectivity index is 2.57. The molecule has 0 unspecified atom stereocenters. The maximum atomic E-state index is 11.7. The second kappa shape index (κ2) is 7.89. The van der Waals surface area contributed by atoms with Gasteiger partial charge in [-0.15, -0.1) is 0 Å². The lowest BCUT2D eigenvalue weighted by molar-refractivity contribution is -0.113. The highest BCUT2D eigenvalue weighted by atomic mass is 35.5. The normalized spacial score (nSPS) is 10.4. The lowest BCUT2D eigenvalue weighted by atomic mass is 10.2. The molecule has 0 aromatic heterocycles. The first-order valence-electron chi connectivity index (χ1n) is 5.58. The van der Waals surface area contributed by atoms with Crippen molar-refractivity contribution in [3.05, 3.63) is 27.7 Å². The quantitative estimate of drug-likeness (QED) is 0.793. The van der Waals surface area contributed by atoms with Gasteiger partial charge in [-0.2, -0.15) is 11.8 Å². The average molecular weight is 307 g/mol. The van der Waals surface area contributed by atoms with Crippen LogP contribution in [0.2, 0.25) is 10.0 Å². The van der Waals surface area contributed by atoms with Gasteiger partial charge in [0.05, 0.1) is 21.5 Å². The number of carbonyl (C=O) groups excluding carboxylic acids is 1. The number of anilines is 1. The third kappa shape index (κ3) is 4.69. The molecule has 0 saturated heterocycles. The minimum absolute atomic E-state index is 0.105. The summed E-state index contributed by atoms with van der Waals surface area (Å²) in [6, 6.07) is 3.54. The molecule has 0 radical (unpaired) electrons. The summed E-state index contributed by atoms with van der Waals surface area (Å²) in [7, 11) is 0. The van der Waals surface area contributed by atoms with E-state index in [2.05, 4.69) is 5.32 Å². The Morgan fingerprint density at radius 1 is 1.44 bits per heavy atom. The number of nitrogens with one attached hydrogen (secondary N) is 1. The van der Waals surface area contributed by atoms with Gasteiger partial charge in [-0.1, -0.05) is 29.3 Å². The van der Waals surface area contributed by atoms with Crippen molar-refractivity contribution in [1.82, 2.24) is 0 Å². The lowest BCUT2D eigenvalue weighted by Gasteiger charge is -2.10. The molecule has 0 fully saturated rings. The van der Waals surface area contributed by atoms with Gasteiger partial charge < -0.3 is 11.1 Å². The van der Waals surface area contributed by atoms with E-state index in [4.69, 9.17) is 28.9 Å². The lowest BCUT2D eigenvalue weighted by Crippen LogP contribution is -2.15. The number of hydrogen-bond acceptors (Lipinski definition) is 3. The van der Waals surface area contributed by atoms with Crippen LogP contribution in [-0.2, 0) is 4.79 Å². The molecule has 0 bridgehead atoms. The van der Waals surface area contributed by atoms with Crippen molar-refractivity contribution in [3.8, 4) is 0 Å². The van der Waals surface area contributed by atoms with Gasteiger partial charge in [-0.3, -0.25) is 4.79 Å². The molecule has 1 aromatic carbocycles. The number of halogens is 2. The summed E-state index contributed by atoms with van der Waals surface area (Å²) in [5.41, 5.74) is 6.75. The average Bonchev–Trinajstić information content (AvgIpc) is 2.35. The van der Waals surface area contributed by atoms with Crippen LogP contribution in [0.3, 0.4) is 0 Å². The van der Waals surface area contributed by atoms with Crippen LogP contribution in [0.1, 0.15) is 12.0 Å². The summed E-state index contributed by atoms with van der Waals surface area (Å²) in [6.07, 6.45) is 0.907. The predicted octanol–water partition coefficient (Wildman–Crippen LogP) is 3.32. The summed E-state index contributed by atoms with van der Waals surface area (Å²) in [5.74, 6) is 1.14. The molecule has 1 aromatic rings. The fraction of sp³-hybridized carbons (Fsp3) is 0.417. The van der Waals surface area contributed by atoms with E-state index in [0.717, 1.165) is 17.7 Å². The predicted molar refractivity (Wildman–Crippen MR) is 80.8 cm³/mol. The zero-order chi connectivity index (χ0) is 13.5. The van der Waals surface area contributed by atoms with Crippen LogP contribution < -0.4 is 11.1 Å². The molecule has 3 nitrogen and oxygen atoms in total. The third-order valence-electron chi connectivity index (χ3n) is 2.27. The molecule has 3 N–H and O–H groups in total. The molecule has 0 saturated carbocycles. The van der Waals surface area contributed by atoms with Crippen LogP contribution in [-0.4, -0.2) is 24.0 Å². The monoisotopic (exact) mass is 306 g/mol. The van der Waals surface area contributed by atoms with Crippen LogP contribution in [0, 0.1) is 6.92 Å². The van der Waals surface area contributed by atoms with Gasteiger partial charge in [-0.25, -0.2) is 0 Å². The van der Waals surface area contributed by atoms with Crippen molar-refractivity contribution in [1.29, 1.82) is 0 Å². The molecule has 0 aliphatic rings. The number of nitrogens with two attached hydrogens (primary N) is 1. The second-order valence-corrected chi connectivity index (χ2v) is 5.69. The zero-order valence-corrected chi connectivity index (χ0v) is 12.5. The van der Waals surface area contributed by atoms with Gasteiger partial charge in [0.2, 0.25) is 5.91 Å². The molecular formula is C12H16Cl2N2OS. The minimum atomic E-state index is -0.105. The number of amides is 1. The van der Waals surface area contributed by atoms with Crippen molar-refractivity contribution >= 4 is 46.6 Å². The SMILES string of the molecule is Cc1ccc(Cl)c(NC(=O)CSCCCN)c1Cl. The minimum Gasteiger partial charge on any atom is -0.330 e. The molecule has 0 heterocycles. The fourth-order valence-corrected chi connectivity index (χ4v) is 2.53. The molecule has 6 heteroatoms. The maximum absolute atomic E-state index is 11.7. The van der Waals surface area contributed by atoms with Gasteiger partial charge >= 0.3 is 0 Å². The van der Waals surface area contributed by atoms with Gasteiger partial charge in [0.25, 0.3) is 0 Å². The first-order chi connectivity index (χ1) is 8.56. The van der Waals surface area contributed by atoms with E-state index in [1.54, 1.807) is 17.8 Å². The van der Waals surface area contributed by atoms with Gasteiger partial charge in [0.1, 0.15) is 0 Å². The van der Waals surface area contributed by atoms with Crippen molar-refractivity contribution in [2.45, 2.75) is 13.3 Å². The summed E-state index contributed by atoms with van der Waals surface area (Å²) in [4.78, 5) is 11.7. The number of hydrogen-bond donors (Lipinski definition) is 2. The van der Waals surface area contributed by atoms with Crippen LogP contribution >= 0.6 is 35.0 Å². The highest BCUT2D eigenvalue weighted by Gasteiger charge is 2.11. The van der Waals surface area contributed by atoms with Gasteiger partial charge in [0.15, 0.2) is 0 Å². The smallest absolute Gasteiger partial charge is 0.234 e. The Hall–Kier alpha value is -0.420. The molecule has 0 spiro atoms. The van der Waals surface area contributed by atoms with Crippen LogP contribution in [0.5, 0.6) is 0 Å². The van der Waals surface area contributed by atoms with E-state index >= 15 is 0 Å². The molecule has 0 aliphatic heterocycles. The van der Waals surface area contributed by atoms with Crippen LogP contribution in [0.4, 0.5) is 5.69 Å². The van der Waals surface area contributed by atoms with E-state index in [1.807, 2.05) is 13.0 Å². The molecule has 1 rings (SSSR count). The number of thioether (sulfide) groups is 1. The molecule has 0 aliphatic carbocycles. The fourth-order valence-electron chi connectivity index (χ4n) is 1.30. The van der Waals surface area contributed by atoms with E-state index in [0.29, 0.717) is 28.0 Å². The Bertz CT molecular complexity index is 427. The largest absolute Gasteiger partial charge is 0.330 e. The summed E-state index contributed by atoms with van der Waals surface area (Å²) < 4.78 is 0. The number of aryl methyl sites for hydroxylation is 1. The summed E-state index contributed by atoms with van der Waals surface area (Å²) >= 11 is 13.7. The van der Waals surface area contributed by atoms with Crippen molar-refractivity contribution in [2.24, 2.45) is 5.73 Å². The standard InChI is InChI=1S/C12H16Cl2N2OS/c1-8-3-4-9(13)12(11(8)14)16-10(17)7-18-6-2-5-15/h3-4H,2,5-7,15H2,1H3,(H,16,17). The molecule has 1 amide bonds.